The van der Waals surface area contributed by atoms with E-state index in [1.54, 1.807) is 13.2 Å². The van der Waals surface area contributed by atoms with Gasteiger partial charge in [0.1, 0.15) is 5.49 Å². The van der Waals surface area contributed by atoms with Crippen LogP contribution in [0, 0.1) is 0 Å². The summed E-state index contributed by atoms with van der Waals surface area (Å²) in [6.45, 7) is 1.87. The molecule has 3 rings (SSSR count). The summed E-state index contributed by atoms with van der Waals surface area (Å²) < 4.78 is 0. The van der Waals surface area contributed by atoms with Crippen molar-refractivity contribution in [3.63, 3.8) is 0 Å². The topological polar surface area (TPSA) is 69.2 Å². The van der Waals surface area contributed by atoms with Gasteiger partial charge in [-0.2, -0.15) is 4.98 Å². The minimum Gasteiger partial charge on any atom is -0.339 e. The fourth-order valence-electron chi connectivity index (χ4n) is 2.16. The van der Waals surface area contributed by atoms with Crippen LogP contribution in [0.1, 0.15) is 0 Å². The Kier molecular flexibility index (Phi) is 3.12. The molecule has 1 saturated heterocycles. The van der Waals surface area contributed by atoms with Crippen LogP contribution in [0.15, 0.2) is 17.3 Å². The van der Waals surface area contributed by atoms with Crippen LogP contribution in [0.3, 0.4) is 0 Å². The average Bonchev–Trinajstić information content (AvgIpc) is 2.37. The van der Waals surface area contributed by atoms with E-state index >= 15 is 0 Å². The van der Waals surface area contributed by atoms with E-state index < -0.39 is 0 Å². The first-order chi connectivity index (χ1) is 9.21. The fraction of sp³-hybridized carbons (Fsp3) is 0.417. The minimum atomic E-state index is 0.520. The van der Waals surface area contributed by atoms with Crippen LogP contribution in [0.5, 0.6) is 0 Å². The summed E-state index contributed by atoms with van der Waals surface area (Å²) in [6.07, 6.45) is 1.60. The summed E-state index contributed by atoms with van der Waals surface area (Å²) in [5.74, 6) is 0.800. The van der Waals surface area contributed by atoms with Gasteiger partial charge in [0.25, 0.3) is 0 Å². The van der Waals surface area contributed by atoms with Crippen molar-refractivity contribution in [2.75, 3.05) is 32.1 Å². The second kappa shape index (κ2) is 4.79. The van der Waals surface area contributed by atoms with Gasteiger partial charge in [-0.25, -0.2) is 4.98 Å². The second-order valence-electron chi connectivity index (χ2n) is 4.55. The molecule has 0 radical (unpaired) electrons. The predicted molar refractivity (Wildman–Crippen MR) is 75.4 cm³/mol. The molecule has 1 aliphatic heterocycles. The van der Waals surface area contributed by atoms with Crippen LogP contribution in [0.4, 0.5) is 5.95 Å². The van der Waals surface area contributed by atoms with Gasteiger partial charge in [0.2, 0.25) is 5.95 Å². The summed E-state index contributed by atoms with van der Waals surface area (Å²) in [5.41, 5.74) is 1.41. The highest BCUT2D eigenvalue weighted by atomic mass is 35.5. The van der Waals surface area contributed by atoms with Gasteiger partial charge in [0.05, 0.1) is 10.4 Å². The van der Waals surface area contributed by atoms with Crippen LogP contribution in [-0.2, 0) is 0 Å². The molecule has 1 aliphatic rings. The number of fused-ring (bicyclic) bond motifs is 1. The number of pyridine rings is 1. The molecule has 0 atom stereocenters. The van der Waals surface area contributed by atoms with Crippen LogP contribution < -0.4 is 15.7 Å². The highest BCUT2D eigenvalue weighted by Gasteiger charge is 2.27. The first-order valence-electron chi connectivity index (χ1n) is 6.12. The number of H-pyrrole nitrogens is 1. The summed E-state index contributed by atoms with van der Waals surface area (Å²) in [4.78, 5) is 18.4. The molecule has 19 heavy (non-hydrogen) atoms. The van der Waals surface area contributed by atoms with Crippen molar-refractivity contribution in [2.45, 2.75) is 6.04 Å². The molecule has 3 heterocycles. The van der Waals surface area contributed by atoms with Gasteiger partial charge in [0.15, 0.2) is 5.65 Å². The van der Waals surface area contributed by atoms with Gasteiger partial charge < -0.3 is 15.2 Å². The first-order valence-corrected chi connectivity index (χ1v) is 6.49. The number of aromatic nitrogens is 3. The van der Waals surface area contributed by atoms with Crippen LogP contribution >= 0.6 is 11.6 Å². The molecular weight excluding hydrogens is 264 g/mol. The normalized spacial score (nSPS) is 17.0. The number of nitrogens with zero attached hydrogens (tertiary/aromatic N) is 4. The Bertz CT molecular complexity index is 673. The first kappa shape index (κ1) is 12.4. The largest absolute Gasteiger partial charge is 0.339 e. The fourth-order valence-corrected chi connectivity index (χ4v) is 2.32. The van der Waals surface area contributed by atoms with E-state index in [-0.39, 0.29) is 0 Å². The average molecular weight is 279 g/mol. The molecule has 0 saturated carbocycles. The van der Waals surface area contributed by atoms with Gasteiger partial charge in [0, 0.05) is 32.4 Å². The molecular formula is C12H15ClN6. The smallest absolute Gasteiger partial charge is 0.206 e. The molecule has 0 aromatic carbocycles. The second-order valence-corrected chi connectivity index (χ2v) is 4.98. The summed E-state index contributed by atoms with van der Waals surface area (Å²) in [6, 6.07) is 2.34. The van der Waals surface area contributed by atoms with Gasteiger partial charge in [-0.15, -0.1) is 0 Å². The van der Waals surface area contributed by atoms with Crippen LogP contribution in [0.25, 0.3) is 11.0 Å². The maximum absolute atomic E-state index is 5.96. The van der Waals surface area contributed by atoms with Gasteiger partial charge >= 0.3 is 0 Å². The minimum absolute atomic E-state index is 0.520. The van der Waals surface area contributed by atoms with Crippen molar-refractivity contribution in [1.82, 2.24) is 20.3 Å². The molecule has 0 amide bonds. The number of hydrogen-bond acceptors (Lipinski definition) is 5. The number of hydrogen-bond donors (Lipinski definition) is 2. The Morgan fingerprint density at radius 2 is 2.32 bits per heavy atom. The Labute approximate surface area is 115 Å². The zero-order valence-electron chi connectivity index (χ0n) is 10.8. The third-order valence-corrected chi connectivity index (χ3v) is 3.55. The van der Waals surface area contributed by atoms with Crippen molar-refractivity contribution in [3.8, 4) is 0 Å². The monoisotopic (exact) mass is 278 g/mol. The molecule has 1 fully saturated rings. The molecule has 7 heteroatoms. The summed E-state index contributed by atoms with van der Waals surface area (Å²) >= 11 is 5.96. The van der Waals surface area contributed by atoms with Crippen molar-refractivity contribution in [3.05, 3.63) is 22.8 Å². The van der Waals surface area contributed by atoms with E-state index in [1.807, 2.05) is 13.1 Å². The molecule has 0 bridgehead atoms. The third kappa shape index (κ3) is 2.17. The van der Waals surface area contributed by atoms with E-state index in [0.29, 0.717) is 16.7 Å². The third-order valence-electron chi connectivity index (χ3n) is 3.34. The number of rotatable bonds is 2. The number of aromatic amines is 1. The Morgan fingerprint density at radius 1 is 1.53 bits per heavy atom. The molecule has 0 spiro atoms. The molecule has 0 aliphatic carbocycles. The van der Waals surface area contributed by atoms with Crippen LogP contribution in [0.2, 0.25) is 5.02 Å². The number of halogens is 1. The van der Waals surface area contributed by atoms with Crippen LogP contribution in [-0.4, -0.2) is 48.2 Å². The lowest BCUT2D eigenvalue weighted by atomic mass is 10.1. The molecule has 100 valence electrons. The predicted octanol–water partition coefficient (Wildman–Crippen LogP) is 0.550. The number of nitrogens with one attached hydrogen (secondary N) is 2. The maximum Gasteiger partial charge on any atom is 0.206 e. The number of anilines is 1. The molecule has 2 N–H and O–H groups in total. The Morgan fingerprint density at radius 3 is 3.00 bits per heavy atom. The molecule has 2 aromatic rings. The van der Waals surface area contributed by atoms with Crippen molar-refractivity contribution < 1.29 is 0 Å². The lowest BCUT2D eigenvalue weighted by Crippen LogP contribution is -2.57. The van der Waals surface area contributed by atoms with E-state index in [0.717, 1.165) is 29.9 Å². The quantitative estimate of drug-likeness (QED) is 0.842. The van der Waals surface area contributed by atoms with Crippen molar-refractivity contribution in [1.29, 1.82) is 0 Å². The summed E-state index contributed by atoms with van der Waals surface area (Å²) in [7, 11) is 3.71. The van der Waals surface area contributed by atoms with Gasteiger partial charge in [-0.05, 0) is 13.1 Å². The molecule has 0 unspecified atom stereocenters. The van der Waals surface area contributed by atoms with Crippen molar-refractivity contribution in [2.24, 2.45) is 4.99 Å². The van der Waals surface area contributed by atoms with E-state index in [1.165, 1.54) is 0 Å². The summed E-state index contributed by atoms with van der Waals surface area (Å²) in [5, 5.41) is 4.65. The standard InChI is InChI=1S/C12H15ClN6/c1-14-8-5-19(6-8)12-17-10(15-2)9-3-7(13)4-16-11(9)18-12/h3-4,8,14H,5-6H2,1-2H3,(H,15,16,17,18). The number of likely N-dealkylation sites (N-methyl/N-ethyl adjacent to an activating group) is 1. The highest BCUT2D eigenvalue weighted by Crippen LogP contribution is 2.18. The molecule has 2 aromatic heterocycles. The van der Waals surface area contributed by atoms with Gasteiger partial charge in [-0.1, -0.05) is 11.6 Å². The Balaban J connectivity index is 2.06. The maximum atomic E-state index is 5.96. The Hall–Kier alpha value is -1.66. The lowest BCUT2D eigenvalue weighted by molar-refractivity contribution is 0.443. The van der Waals surface area contributed by atoms with E-state index in [9.17, 15) is 0 Å². The lowest BCUT2D eigenvalue weighted by Gasteiger charge is -2.39. The van der Waals surface area contributed by atoms with E-state index in [2.05, 4.69) is 30.2 Å². The van der Waals surface area contributed by atoms with Crippen molar-refractivity contribution >= 4 is 28.6 Å². The molecule has 6 nitrogen and oxygen atoms in total. The van der Waals surface area contributed by atoms with Gasteiger partial charge in [-0.3, -0.25) is 4.99 Å². The zero-order valence-corrected chi connectivity index (χ0v) is 11.6. The highest BCUT2D eigenvalue weighted by molar-refractivity contribution is 6.31. The van der Waals surface area contributed by atoms with E-state index in [4.69, 9.17) is 11.6 Å². The SMILES string of the molecule is C/N=c1\[nH]c(N2CC(NC)C2)nc2ncc(Cl)cc12. The zero-order chi connectivity index (χ0) is 13.4.